The molecule has 2 aromatic rings. The summed E-state index contributed by atoms with van der Waals surface area (Å²) in [5.74, 6) is 0.121. The van der Waals surface area contributed by atoms with Crippen molar-refractivity contribution in [2.24, 2.45) is 0 Å². The number of rotatable bonds is 4. The number of aromatic nitrogens is 1. The van der Waals surface area contributed by atoms with E-state index in [1.54, 1.807) is 11.0 Å². The second kappa shape index (κ2) is 6.59. The van der Waals surface area contributed by atoms with Crippen LogP contribution in [0.1, 0.15) is 29.8 Å². The van der Waals surface area contributed by atoms with Crippen molar-refractivity contribution in [3.05, 3.63) is 58.7 Å². The third kappa shape index (κ3) is 3.73. The molecule has 110 valence electrons. The van der Waals surface area contributed by atoms with E-state index in [9.17, 15) is 4.79 Å². The molecule has 0 bridgehead atoms. The van der Waals surface area contributed by atoms with E-state index < -0.39 is 0 Å². The summed E-state index contributed by atoms with van der Waals surface area (Å²) < 4.78 is 0. The molecule has 1 aromatic heterocycles. The highest BCUT2D eigenvalue weighted by molar-refractivity contribution is 6.33. The van der Waals surface area contributed by atoms with Gasteiger partial charge in [-0.3, -0.25) is 4.79 Å². The second-order valence-electron chi connectivity index (χ2n) is 5.10. The molecule has 0 saturated carbocycles. The Morgan fingerprint density at radius 3 is 2.57 bits per heavy atom. The zero-order chi connectivity index (χ0) is 15.4. The monoisotopic (exact) mass is 303 g/mol. The van der Waals surface area contributed by atoms with Gasteiger partial charge in [0.05, 0.1) is 10.6 Å². The summed E-state index contributed by atoms with van der Waals surface area (Å²) in [5.41, 5.74) is 7.10. The molecule has 1 amide bonds. The summed E-state index contributed by atoms with van der Waals surface area (Å²) in [6.07, 6.45) is 1.46. The van der Waals surface area contributed by atoms with E-state index in [1.165, 1.54) is 6.20 Å². The summed E-state index contributed by atoms with van der Waals surface area (Å²) in [7, 11) is 0. The number of carbonyl (C=O) groups excluding carboxylic acids is 1. The van der Waals surface area contributed by atoms with Gasteiger partial charge in [-0.05, 0) is 25.5 Å². The molecule has 21 heavy (non-hydrogen) atoms. The van der Waals surface area contributed by atoms with Crippen LogP contribution in [0.3, 0.4) is 0 Å². The van der Waals surface area contributed by atoms with Crippen LogP contribution >= 0.6 is 11.6 Å². The fourth-order valence-corrected chi connectivity index (χ4v) is 2.17. The number of nitrogen functional groups attached to an aromatic ring is 1. The predicted octanol–water partition coefficient (Wildman–Crippen LogP) is 3.37. The van der Waals surface area contributed by atoms with Gasteiger partial charge < -0.3 is 10.6 Å². The molecule has 5 heteroatoms. The Balaban J connectivity index is 2.25. The van der Waals surface area contributed by atoms with Gasteiger partial charge >= 0.3 is 0 Å². The maximum atomic E-state index is 12.6. The average molecular weight is 304 g/mol. The van der Waals surface area contributed by atoms with Crippen molar-refractivity contribution >= 4 is 23.3 Å². The van der Waals surface area contributed by atoms with Gasteiger partial charge in [-0.2, -0.15) is 0 Å². The maximum Gasteiger partial charge on any atom is 0.256 e. The number of nitrogens with zero attached hydrogens (tertiary/aromatic N) is 2. The van der Waals surface area contributed by atoms with Crippen LogP contribution < -0.4 is 5.73 Å². The summed E-state index contributed by atoms with van der Waals surface area (Å²) in [6, 6.07) is 11.5. The lowest BCUT2D eigenvalue weighted by Crippen LogP contribution is -2.36. The molecule has 2 N–H and O–H groups in total. The molecule has 2 rings (SSSR count). The van der Waals surface area contributed by atoms with Crippen molar-refractivity contribution in [2.75, 3.05) is 5.73 Å². The number of pyridine rings is 1. The smallest absolute Gasteiger partial charge is 0.256 e. The Bertz CT molecular complexity index is 629. The van der Waals surface area contributed by atoms with Gasteiger partial charge in [-0.1, -0.05) is 41.9 Å². The highest BCUT2D eigenvalue weighted by atomic mass is 35.5. The first-order valence-corrected chi connectivity index (χ1v) is 7.12. The van der Waals surface area contributed by atoms with E-state index in [4.69, 9.17) is 17.3 Å². The molecule has 0 fully saturated rings. The van der Waals surface area contributed by atoms with Crippen LogP contribution in [0.4, 0.5) is 5.82 Å². The van der Waals surface area contributed by atoms with Gasteiger partial charge in [-0.25, -0.2) is 4.98 Å². The number of benzene rings is 1. The van der Waals surface area contributed by atoms with Gasteiger partial charge in [-0.15, -0.1) is 0 Å². The number of amides is 1. The van der Waals surface area contributed by atoms with E-state index >= 15 is 0 Å². The summed E-state index contributed by atoms with van der Waals surface area (Å²) in [5, 5.41) is 0.296. The topological polar surface area (TPSA) is 59.2 Å². The first-order chi connectivity index (χ1) is 9.99. The highest BCUT2D eigenvalue weighted by Gasteiger charge is 2.20. The molecule has 4 nitrogen and oxygen atoms in total. The Kier molecular flexibility index (Phi) is 4.81. The minimum Gasteiger partial charge on any atom is -0.382 e. The summed E-state index contributed by atoms with van der Waals surface area (Å²) >= 11 is 5.94. The number of halogens is 1. The van der Waals surface area contributed by atoms with Gasteiger partial charge in [0.2, 0.25) is 0 Å². The van der Waals surface area contributed by atoms with Crippen molar-refractivity contribution < 1.29 is 4.79 Å². The summed E-state index contributed by atoms with van der Waals surface area (Å²) in [6.45, 7) is 4.50. The van der Waals surface area contributed by atoms with E-state index in [-0.39, 0.29) is 17.8 Å². The lowest BCUT2D eigenvalue weighted by molar-refractivity contribution is 0.0690. The Morgan fingerprint density at radius 1 is 1.33 bits per heavy atom. The van der Waals surface area contributed by atoms with E-state index in [0.717, 1.165) is 5.56 Å². The quantitative estimate of drug-likeness (QED) is 0.942. The third-order valence-corrected chi connectivity index (χ3v) is 3.50. The molecule has 0 unspecified atom stereocenters. The number of carbonyl (C=O) groups is 1. The molecule has 0 atom stereocenters. The standard InChI is InChI=1S/C16H18ClN3O/c1-11(2)20(10-12-6-4-3-5-7-12)16(21)13-8-14(17)15(18)19-9-13/h3-9,11H,10H2,1-2H3,(H2,18,19). The van der Waals surface area contributed by atoms with E-state index in [1.807, 2.05) is 44.2 Å². The Hall–Kier alpha value is -2.07. The van der Waals surface area contributed by atoms with Crippen LogP contribution in [0.15, 0.2) is 42.6 Å². The molecular weight excluding hydrogens is 286 g/mol. The van der Waals surface area contributed by atoms with Crippen LogP contribution in [-0.4, -0.2) is 21.8 Å². The first kappa shape index (κ1) is 15.3. The number of hydrogen-bond acceptors (Lipinski definition) is 3. The first-order valence-electron chi connectivity index (χ1n) is 6.75. The van der Waals surface area contributed by atoms with Crippen LogP contribution in [0, 0.1) is 0 Å². The number of hydrogen-bond donors (Lipinski definition) is 1. The van der Waals surface area contributed by atoms with E-state index in [2.05, 4.69) is 4.98 Å². The van der Waals surface area contributed by atoms with Gasteiger partial charge in [0, 0.05) is 18.8 Å². The Morgan fingerprint density at radius 2 is 2.00 bits per heavy atom. The van der Waals surface area contributed by atoms with E-state index in [0.29, 0.717) is 17.1 Å². The normalized spacial score (nSPS) is 10.7. The Labute approximate surface area is 129 Å². The molecule has 1 heterocycles. The molecule has 0 spiro atoms. The fraction of sp³-hybridized carbons (Fsp3) is 0.250. The predicted molar refractivity (Wildman–Crippen MR) is 85.1 cm³/mol. The molecule has 0 aliphatic rings. The maximum absolute atomic E-state index is 12.6. The fourth-order valence-electron chi connectivity index (χ4n) is 2.00. The molecule has 0 aliphatic heterocycles. The third-order valence-electron chi connectivity index (χ3n) is 3.20. The second-order valence-corrected chi connectivity index (χ2v) is 5.51. The molecule has 0 radical (unpaired) electrons. The summed E-state index contributed by atoms with van der Waals surface area (Å²) in [4.78, 5) is 18.4. The van der Waals surface area contributed by atoms with Gasteiger partial charge in [0.1, 0.15) is 5.82 Å². The van der Waals surface area contributed by atoms with Crippen molar-refractivity contribution in [3.63, 3.8) is 0 Å². The number of nitrogens with two attached hydrogens (primary N) is 1. The van der Waals surface area contributed by atoms with Gasteiger partial charge in [0.25, 0.3) is 5.91 Å². The van der Waals surface area contributed by atoms with Crippen molar-refractivity contribution in [2.45, 2.75) is 26.4 Å². The number of anilines is 1. The SMILES string of the molecule is CC(C)N(Cc1ccccc1)C(=O)c1cnc(N)c(Cl)c1. The highest BCUT2D eigenvalue weighted by Crippen LogP contribution is 2.19. The van der Waals surface area contributed by atoms with Crippen LogP contribution in [0.25, 0.3) is 0 Å². The molecule has 1 aromatic carbocycles. The lowest BCUT2D eigenvalue weighted by Gasteiger charge is -2.27. The minimum atomic E-state index is -0.108. The zero-order valence-corrected chi connectivity index (χ0v) is 12.8. The molecule has 0 aliphatic carbocycles. The van der Waals surface area contributed by atoms with Crippen LogP contribution in [0.2, 0.25) is 5.02 Å². The minimum absolute atomic E-state index is 0.0639. The van der Waals surface area contributed by atoms with Crippen LogP contribution in [0.5, 0.6) is 0 Å². The van der Waals surface area contributed by atoms with Crippen LogP contribution in [-0.2, 0) is 6.54 Å². The van der Waals surface area contributed by atoms with Gasteiger partial charge in [0.15, 0.2) is 0 Å². The molecule has 0 saturated heterocycles. The van der Waals surface area contributed by atoms with Crippen molar-refractivity contribution in [1.82, 2.24) is 9.88 Å². The largest absolute Gasteiger partial charge is 0.382 e. The molecular formula is C16H18ClN3O. The zero-order valence-electron chi connectivity index (χ0n) is 12.1. The lowest BCUT2D eigenvalue weighted by atomic mass is 10.1. The average Bonchev–Trinajstić information content (AvgIpc) is 2.47. The van der Waals surface area contributed by atoms with Crippen molar-refractivity contribution in [3.8, 4) is 0 Å². The van der Waals surface area contributed by atoms with Crippen molar-refractivity contribution in [1.29, 1.82) is 0 Å².